The average molecular weight is 294 g/mol. The molecule has 21 heavy (non-hydrogen) atoms. The Labute approximate surface area is 124 Å². The number of hydrogen-bond acceptors (Lipinski definition) is 4. The van der Waals surface area contributed by atoms with Crippen LogP contribution >= 0.6 is 0 Å². The molecule has 0 fully saturated rings. The van der Waals surface area contributed by atoms with Gasteiger partial charge < -0.3 is 9.72 Å². The lowest BCUT2D eigenvalue weighted by Crippen LogP contribution is -2.23. The Hall–Kier alpha value is -1.85. The molecule has 0 spiro atoms. The van der Waals surface area contributed by atoms with Gasteiger partial charge in [-0.2, -0.15) is 0 Å². The molecule has 1 aromatic rings. The van der Waals surface area contributed by atoms with Crippen LogP contribution in [0.15, 0.2) is 0 Å². The number of nitro groups is 1. The van der Waals surface area contributed by atoms with Crippen molar-refractivity contribution in [2.75, 3.05) is 6.61 Å². The van der Waals surface area contributed by atoms with Gasteiger partial charge in [-0.25, -0.2) is 4.79 Å². The van der Waals surface area contributed by atoms with E-state index in [2.05, 4.69) is 4.98 Å². The Morgan fingerprint density at radius 3 is 2.71 bits per heavy atom. The smallest absolute Gasteiger partial charge is 0.355 e. The molecule has 6 nitrogen and oxygen atoms in total. The van der Waals surface area contributed by atoms with E-state index in [4.69, 9.17) is 4.74 Å². The largest absolute Gasteiger partial charge is 0.461 e. The van der Waals surface area contributed by atoms with E-state index in [9.17, 15) is 14.9 Å². The molecule has 1 N–H and O–H groups in total. The first-order valence-corrected chi connectivity index (χ1v) is 7.61. The molecule has 6 heteroatoms. The minimum absolute atomic E-state index is 0.253. The van der Waals surface area contributed by atoms with Crippen LogP contribution in [0.4, 0.5) is 0 Å². The van der Waals surface area contributed by atoms with Crippen molar-refractivity contribution in [3.63, 3.8) is 0 Å². The molecule has 1 aliphatic rings. The van der Waals surface area contributed by atoms with Gasteiger partial charge in [-0.1, -0.05) is 6.92 Å². The first kappa shape index (κ1) is 15.5. The molecule has 1 aliphatic carbocycles. The topological polar surface area (TPSA) is 85.2 Å². The van der Waals surface area contributed by atoms with Gasteiger partial charge in [0.1, 0.15) is 5.69 Å². The van der Waals surface area contributed by atoms with Crippen molar-refractivity contribution >= 4 is 5.97 Å². The molecule has 0 aromatic carbocycles. The molecule has 0 saturated carbocycles. The third-order valence-electron chi connectivity index (χ3n) is 4.10. The maximum atomic E-state index is 12.1. The zero-order valence-corrected chi connectivity index (χ0v) is 12.6. The number of ether oxygens (including phenoxy) is 1. The molecule has 0 amide bonds. The fourth-order valence-electron chi connectivity index (χ4n) is 2.96. The van der Waals surface area contributed by atoms with Crippen LogP contribution in [0.3, 0.4) is 0 Å². The Morgan fingerprint density at radius 1 is 1.38 bits per heavy atom. The van der Waals surface area contributed by atoms with Crippen LogP contribution in [0, 0.1) is 10.1 Å². The van der Waals surface area contributed by atoms with E-state index in [-0.39, 0.29) is 4.92 Å². The molecule has 116 valence electrons. The number of esters is 1. The molecule has 1 atom stereocenters. The zero-order valence-electron chi connectivity index (χ0n) is 12.6. The molecule has 1 heterocycles. The van der Waals surface area contributed by atoms with Gasteiger partial charge in [0.25, 0.3) is 0 Å². The number of fused-ring (bicyclic) bond motifs is 1. The van der Waals surface area contributed by atoms with Gasteiger partial charge in [0, 0.05) is 23.5 Å². The number of hydrogen-bond donors (Lipinski definition) is 1. The molecule has 1 aromatic heterocycles. The fourth-order valence-corrected chi connectivity index (χ4v) is 2.96. The number of carbonyl (C=O) groups is 1. The van der Waals surface area contributed by atoms with Gasteiger partial charge in [-0.15, -0.1) is 0 Å². The highest BCUT2D eigenvalue weighted by atomic mass is 16.6. The number of rotatable bonds is 6. The van der Waals surface area contributed by atoms with Crippen molar-refractivity contribution in [3.05, 3.63) is 32.6 Å². The number of H-pyrrole nitrogens is 1. The second kappa shape index (κ2) is 6.74. The zero-order chi connectivity index (χ0) is 15.4. The van der Waals surface area contributed by atoms with Crippen molar-refractivity contribution in [1.29, 1.82) is 0 Å². The lowest BCUT2D eigenvalue weighted by Gasteiger charge is -2.14. The highest BCUT2D eigenvalue weighted by Crippen LogP contribution is 2.29. The number of aromatic amines is 1. The fraction of sp³-hybridized carbons (Fsp3) is 0.667. The number of nitrogens with zero attached hydrogens (tertiary/aromatic N) is 1. The van der Waals surface area contributed by atoms with Gasteiger partial charge in [0.2, 0.25) is 6.04 Å². The quantitative estimate of drug-likeness (QED) is 0.496. The summed E-state index contributed by atoms with van der Waals surface area (Å²) in [6, 6.07) is -0.653. The van der Waals surface area contributed by atoms with E-state index in [0.29, 0.717) is 25.1 Å². The standard InChI is InChI=1S/C15H22N2O4/c1-3-10(17(19)20)9-12-11-7-5-6-8-13(11)16-14(12)15(18)21-4-2/h10,16H,3-9H2,1-2H3. The summed E-state index contributed by atoms with van der Waals surface area (Å²) in [6.07, 6.45) is 4.68. The highest BCUT2D eigenvalue weighted by Gasteiger charge is 2.29. The molecular weight excluding hydrogens is 272 g/mol. The van der Waals surface area contributed by atoms with Crippen molar-refractivity contribution < 1.29 is 14.5 Å². The monoisotopic (exact) mass is 294 g/mol. The normalized spacial score (nSPS) is 15.3. The van der Waals surface area contributed by atoms with E-state index in [0.717, 1.165) is 42.5 Å². The summed E-state index contributed by atoms with van der Waals surface area (Å²) in [5.74, 6) is -0.403. The van der Waals surface area contributed by atoms with Crippen LogP contribution in [0.2, 0.25) is 0 Å². The van der Waals surface area contributed by atoms with Crippen LogP contribution in [-0.4, -0.2) is 28.5 Å². The van der Waals surface area contributed by atoms with Gasteiger partial charge in [0.15, 0.2) is 0 Å². The third-order valence-corrected chi connectivity index (χ3v) is 4.10. The maximum Gasteiger partial charge on any atom is 0.355 e. The Balaban J connectivity index is 2.38. The van der Waals surface area contributed by atoms with E-state index >= 15 is 0 Å². The van der Waals surface area contributed by atoms with Crippen molar-refractivity contribution in [2.45, 2.75) is 58.4 Å². The average Bonchev–Trinajstić information content (AvgIpc) is 2.83. The predicted octanol–water partition coefficient (Wildman–Crippen LogP) is 2.67. The lowest BCUT2D eigenvalue weighted by atomic mass is 9.91. The van der Waals surface area contributed by atoms with Gasteiger partial charge in [-0.05, 0) is 43.7 Å². The minimum Gasteiger partial charge on any atom is -0.461 e. The van der Waals surface area contributed by atoms with Crippen molar-refractivity contribution in [3.8, 4) is 0 Å². The number of aromatic nitrogens is 1. The lowest BCUT2D eigenvalue weighted by molar-refractivity contribution is -0.522. The summed E-state index contributed by atoms with van der Waals surface area (Å²) in [7, 11) is 0. The van der Waals surface area contributed by atoms with Crippen molar-refractivity contribution in [1.82, 2.24) is 4.98 Å². The SMILES string of the molecule is CCOC(=O)c1[nH]c2c(c1CC(CC)[N+](=O)[O-])CCCC2. The molecule has 0 bridgehead atoms. The first-order chi connectivity index (χ1) is 10.1. The maximum absolute atomic E-state index is 12.1. The Kier molecular flexibility index (Phi) is 4.98. The van der Waals surface area contributed by atoms with Crippen molar-refractivity contribution in [2.24, 2.45) is 0 Å². The summed E-state index contributed by atoms with van der Waals surface area (Å²) in [6.45, 7) is 3.86. The van der Waals surface area contributed by atoms with Crippen LogP contribution in [0.1, 0.15) is 60.4 Å². The summed E-state index contributed by atoms with van der Waals surface area (Å²) < 4.78 is 5.08. The number of aryl methyl sites for hydroxylation is 1. The number of carbonyl (C=O) groups excluding carboxylic acids is 1. The molecule has 2 rings (SSSR count). The molecule has 0 saturated heterocycles. The summed E-state index contributed by atoms with van der Waals surface area (Å²) >= 11 is 0. The van der Waals surface area contributed by atoms with Crippen LogP contribution in [-0.2, 0) is 24.0 Å². The minimum atomic E-state index is -0.653. The highest BCUT2D eigenvalue weighted by molar-refractivity contribution is 5.90. The van der Waals surface area contributed by atoms with E-state index in [1.54, 1.807) is 13.8 Å². The third kappa shape index (κ3) is 3.25. The predicted molar refractivity (Wildman–Crippen MR) is 78.2 cm³/mol. The Bertz CT molecular complexity index is 536. The van der Waals surface area contributed by atoms with E-state index in [1.807, 2.05) is 0 Å². The first-order valence-electron chi connectivity index (χ1n) is 7.61. The van der Waals surface area contributed by atoms with Crippen LogP contribution in [0.25, 0.3) is 0 Å². The summed E-state index contributed by atoms with van der Waals surface area (Å²) in [5, 5.41) is 11.1. The molecule has 0 radical (unpaired) electrons. The summed E-state index contributed by atoms with van der Waals surface area (Å²) in [5.41, 5.74) is 3.37. The molecular formula is C15H22N2O4. The van der Waals surface area contributed by atoms with E-state index in [1.165, 1.54) is 0 Å². The molecule has 1 unspecified atom stereocenters. The van der Waals surface area contributed by atoms with E-state index < -0.39 is 12.0 Å². The van der Waals surface area contributed by atoms with Gasteiger partial charge in [-0.3, -0.25) is 10.1 Å². The van der Waals surface area contributed by atoms with Crippen LogP contribution < -0.4 is 0 Å². The van der Waals surface area contributed by atoms with Gasteiger partial charge >= 0.3 is 5.97 Å². The van der Waals surface area contributed by atoms with Gasteiger partial charge in [0.05, 0.1) is 6.61 Å². The second-order valence-electron chi connectivity index (χ2n) is 5.41. The summed E-state index contributed by atoms with van der Waals surface area (Å²) in [4.78, 5) is 26.1. The number of nitrogens with one attached hydrogen (secondary N) is 1. The Morgan fingerprint density at radius 2 is 2.10 bits per heavy atom. The van der Waals surface area contributed by atoms with Crippen LogP contribution in [0.5, 0.6) is 0 Å². The second-order valence-corrected chi connectivity index (χ2v) is 5.41. The molecule has 0 aliphatic heterocycles.